The van der Waals surface area contributed by atoms with Crippen molar-refractivity contribution in [2.24, 2.45) is 5.73 Å². The van der Waals surface area contributed by atoms with E-state index in [1.165, 1.54) is 0 Å². The number of carbonyl (C=O) groups is 2. The van der Waals surface area contributed by atoms with Crippen molar-refractivity contribution in [2.75, 3.05) is 6.54 Å². The Bertz CT molecular complexity index is 211. The smallest absolute Gasteiger partial charge is 0.303 e. The second kappa shape index (κ2) is 6.97. The lowest BCUT2D eigenvalue weighted by molar-refractivity contribution is -0.137. The Hall–Kier alpha value is -0.400. The van der Waals surface area contributed by atoms with Crippen LogP contribution >= 0.6 is 25.3 Å². The molecule has 0 saturated carbocycles. The van der Waals surface area contributed by atoms with E-state index < -0.39 is 10.6 Å². The van der Waals surface area contributed by atoms with Crippen molar-refractivity contribution in [3.05, 3.63) is 0 Å². The van der Waals surface area contributed by atoms with Crippen LogP contribution in [0, 0.1) is 0 Å². The number of nitrogens with one attached hydrogen (secondary N) is 1. The number of carboxylic acids is 1. The molecule has 1 unspecified atom stereocenters. The average molecular weight is 238 g/mol. The van der Waals surface area contributed by atoms with Gasteiger partial charge in [0, 0.05) is 19.0 Å². The summed E-state index contributed by atoms with van der Waals surface area (Å²) >= 11 is 7.62. The molecule has 0 heterocycles. The van der Waals surface area contributed by atoms with E-state index in [0.29, 0.717) is 6.42 Å². The minimum atomic E-state index is -0.911. The lowest BCUT2D eigenvalue weighted by atomic mass is 10.1. The van der Waals surface area contributed by atoms with Crippen LogP contribution in [0.25, 0.3) is 0 Å². The van der Waals surface area contributed by atoms with Gasteiger partial charge in [-0.05, 0) is 6.42 Å². The van der Waals surface area contributed by atoms with E-state index in [1.807, 2.05) is 0 Å². The van der Waals surface area contributed by atoms with Gasteiger partial charge in [0.1, 0.15) is 4.58 Å². The Kier molecular flexibility index (Phi) is 6.77. The summed E-state index contributed by atoms with van der Waals surface area (Å²) in [7, 11) is 0. The maximum absolute atomic E-state index is 11.1. The van der Waals surface area contributed by atoms with Crippen LogP contribution in [0.15, 0.2) is 0 Å². The average Bonchev–Trinajstić information content (AvgIpc) is 2.11. The van der Waals surface area contributed by atoms with Crippen LogP contribution in [0.2, 0.25) is 0 Å². The quantitative estimate of drug-likeness (QED) is 0.318. The van der Waals surface area contributed by atoms with E-state index in [4.69, 9.17) is 10.8 Å². The standard InChI is InChI=1S/C7H14N2O3S2/c8-3-4(1-2-5(10)11)9-6(12)7(13)14/h4,7,13-14H,1-3,8H2,(H,9,12)(H,10,11). The highest BCUT2D eigenvalue weighted by Crippen LogP contribution is 2.02. The lowest BCUT2D eigenvalue weighted by Gasteiger charge is -2.16. The number of hydrogen-bond donors (Lipinski definition) is 5. The van der Waals surface area contributed by atoms with E-state index in [0.717, 1.165) is 0 Å². The van der Waals surface area contributed by atoms with Gasteiger partial charge in [-0.2, -0.15) is 25.3 Å². The molecule has 14 heavy (non-hydrogen) atoms. The van der Waals surface area contributed by atoms with Crippen LogP contribution in [0.1, 0.15) is 12.8 Å². The molecule has 0 aromatic carbocycles. The first-order valence-corrected chi connectivity index (χ1v) is 5.09. The number of carbonyl (C=O) groups excluding carboxylic acids is 1. The summed E-state index contributed by atoms with van der Waals surface area (Å²) in [6, 6.07) is -0.333. The molecule has 4 N–H and O–H groups in total. The zero-order valence-electron chi connectivity index (χ0n) is 7.51. The van der Waals surface area contributed by atoms with Gasteiger partial charge in [-0.25, -0.2) is 0 Å². The van der Waals surface area contributed by atoms with E-state index in [2.05, 4.69) is 30.6 Å². The van der Waals surface area contributed by atoms with Crippen molar-refractivity contribution < 1.29 is 14.7 Å². The summed E-state index contributed by atoms with van der Waals surface area (Å²) in [5.74, 6) is -1.27. The first kappa shape index (κ1) is 13.6. The van der Waals surface area contributed by atoms with Crippen LogP contribution < -0.4 is 11.1 Å². The Morgan fingerprint density at radius 2 is 2.00 bits per heavy atom. The predicted octanol–water partition coefficient (Wildman–Crippen LogP) is -0.520. The molecule has 0 aromatic heterocycles. The van der Waals surface area contributed by atoms with Gasteiger partial charge in [-0.15, -0.1) is 0 Å². The molecule has 1 atom stereocenters. The molecule has 0 aliphatic carbocycles. The fraction of sp³-hybridized carbons (Fsp3) is 0.714. The van der Waals surface area contributed by atoms with Crippen LogP contribution in [-0.2, 0) is 9.59 Å². The number of carboxylic acid groups (broad SMARTS) is 1. The molecular formula is C7H14N2O3S2. The van der Waals surface area contributed by atoms with Gasteiger partial charge >= 0.3 is 5.97 Å². The Morgan fingerprint density at radius 3 is 2.36 bits per heavy atom. The summed E-state index contributed by atoms with van der Waals surface area (Å²) in [5, 5.41) is 11.0. The fourth-order valence-corrected chi connectivity index (χ4v) is 0.971. The van der Waals surface area contributed by atoms with Crippen LogP contribution in [0.3, 0.4) is 0 Å². The molecule has 0 saturated heterocycles. The lowest BCUT2D eigenvalue weighted by Crippen LogP contribution is -2.42. The SMILES string of the molecule is NCC(CCC(=O)O)NC(=O)C(S)S. The molecule has 82 valence electrons. The minimum Gasteiger partial charge on any atom is -0.481 e. The molecule has 0 rings (SSSR count). The molecule has 5 nitrogen and oxygen atoms in total. The first-order chi connectivity index (χ1) is 6.47. The monoisotopic (exact) mass is 238 g/mol. The van der Waals surface area contributed by atoms with Crippen molar-refractivity contribution in [2.45, 2.75) is 23.5 Å². The zero-order valence-corrected chi connectivity index (χ0v) is 9.30. The van der Waals surface area contributed by atoms with E-state index >= 15 is 0 Å². The maximum Gasteiger partial charge on any atom is 0.303 e. The molecular weight excluding hydrogens is 224 g/mol. The van der Waals surface area contributed by atoms with Gasteiger partial charge in [-0.1, -0.05) is 0 Å². The summed E-state index contributed by atoms with van der Waals surface area (Å²) in [6.45, 7) is 0.202. The molecule has 0 aliphatic rings. The number of aliphatic carboxylic acids is 1. The molecule has 0 aliphatic heterocycles. The van der Waals surface area contributed by atoms with Gasteiger partial charge in [-0.3, -0.25) is 9.59 Å². The second-order valence-corrected chi connectivity index (χ2v) is 4.19. The topological polar surface area (TPSA) is 92.4 Å². The molecule has 0 fully saturated rings. The zero-order chi connectivity index (χ0) is 11.1. The minimum absolute atomic E-state index is 0.0219. The first-order valence-electron chi connectivity index (χ1n) is 4.05. The maximum atomic E-state index is 11.1. The van der Waals surface area contributed by atoms with Gasteiger partial charge in [0.2, 0.25) is 5.91 Å². The van der Waals surface area contributed by atoms with E-state index in [1.54, 1.807) is 0 Å². The molecule has 1 amide bonds. The Labute approximate surface area is 93.2 Å². The Balaban J connectivity index is 3.90. The molecule has 0 radical (unpaired) electrons. The number of nitrogens with two attached hydrogens (primary N) is 1. The number of rotatable bonds is 6. The van der Waals surface area contributed by atoms with Crippen molar-refractivity contribution >= 4 is 37.1 Å². The number of thiol groups is 2. The largest absolute Gasteiger partial charge is 0.481 e. The van der Waals surface area contributed by atoms with Crippen LogP contribution in [0.5, 0.6) is 0 Å². The van der Waals surface area contributed by atoms with E-state index in [-0.39, 0.29) is 24.9 Å². The highest BCUT2D eigenvalue weighted by atomic mass is 32.2. The molecule has 0 bridgehead atoms. The Morgan fingerprint density at radius 1 is 1.43 bits per heavy atom. The normalized spacial score (nSPS) is 12.6. The van der Waals surface area contributed by atoms with Crippen LogP contribution in [0.4, 0.5) is 0 Å². The molecule has 0 aromatic rings. The van der Waals surface area contributed by atoms with E-state index in [9.17, 15) is 9.59 Å². The summed E-state index contributed by atoms with van der Waals surface area (Å²) in [6.07, 6.45) is 0.289. The fourth-order valence-electron chi connectivity index (χ4n) is 0.822. The second-order valence-electron chi connectivity index (χ2n) is 2.75. The molecule has 7 heteroatoms. The summed E-state index contributed by atoms with van der Waals surface area (Å²) in [5.41, 5.74) is 5.35. The number of amides is 1. The van der Waals surface area contributed by atoms with Gasteiger partial charge < -0.3 is 16.2 Å². The molecule has 0 spiro atoms. The third kappa shape index (κ3) is 6.11. The van der Waals surface area contributed by atoms with Crippen molar-refractivity contribution in [3.8, 4) is 0 Å². The van der Waals surface area contributed by atoms with Gasteiger partial charge in [0.15, 0.2) is 0 Å². The highest BCUT2D eigenvalue weighted by Gasteiger charge is 2.15. The van der Waals surface area contributed by atoms with Crippen molar-refractivity contribution in [1.29, 1.82) is 0 Å². The van der Waals surface area contributed by atoms with Crippen molar-refractivity contribution in [1.82, 2.24) is 5.32 Å². The summed E-state index contributed by atoms with van der Waals surface area (Å²) < 4.78 is -0.714. The van der Waals surface area contributed by atoms with Gasteiger partial charge in [0.25, 0.3) is 0 Å². The highest BCUT2D eigenvalue weighted by molar-refractivity contribution is 8.00. The van der Waals surface area contributed by atoms with Gasteiger partial charge in [0.05, 0.1) is 0 Å². The third-order valence-electron chi connectivity index (χ3n) is 1.57. The third-order valence-corrected chi connectivity index (χ3v) is 2.04. The van der Waals surface area contributed by atoms with Crippen molar-refractivity contribution in [3.63, 3.8) is 0 Å². The summed E-state index contributed by atoms with van der Waals surface area (Å²) in [4.78, 5) is 21.3. The van der Waals surface area contributed by atoms with Crippen LogP contribution in [-0.4, -0.2) is 34.2 Å². The predicted molar refractivity (Wildman–Crippen MR) is 59.6 cm³/mol. The number of hydrogen-bond acceptors (Lipinski definition) is 5.